The van der Waals surface area contributed by atoms with Crippen LogP contribution >= 0.6 is 0 Å². The Labute approximate surface area is 183 Å². The van der Waals surface area contributed by atoms with E-state index in [1.807, 2.05) is 30.3 Å². The van der Waals surface area contributed by atoms with Crippen molar-refractivity contribution in [2.24, 2.45) is 0 Å². The molecule has 5 rings (SSSR count). The van der Waals surface area contributed by atoms with Crippen LogP contribution in [0.15, 0.2) is 83.3 Å². The fraction of sp³-hybridized carbons (Fsp3) is 0.138. The highest BCUT2D eigenvalue weighted by Crippen LogP contribution is 2.37. The molecule has 152 valence electrons. The standard InChI is InChI=1S/C29H25NO/c1-18-10-12-23(14-20(18)3)25-16-26(24-13-11-19(2)21(4)15-24)28-27(17-25)30-29(31-28)22-8-6-5-7-9-22/h5-17H,1-4H3. The van der Waals surface area contributed by atoms with Crippen LogP contribution in [-0.2, 0) is 0 Å². The zero-order chi connectivity index (χ0) is 21.5. The van der Waals surface area contributed by atoms with Crippen LogP contribution in [0.1, 0.15) is 22.3 Å². The minimum Gasteiger partial charge on any atom is -0.435 e. The number of benzene rings is 4. The fourth-order valence-corrected chi connectivity index (χ4v) is 3.95. The van der Waals surface area contributed by atoms with E-state index in [1.165, 1.54) is 27.8 Å². The van der Waals surface area contributed by atoms with Crippen LogP contribution in [0.4, 0.5) is 0 Å². The molecule has 1 heterocycles. The molecule has 0 aliphatic carbocycles. The van der Waals surface area contributed by atoms with Gasteiger partial charge in [-0.15, -0.1) is 0 Å². The molecule has 31 heavy (non-hydrogen) atoms. The number of rotatable bonds is 3. The van der Waals surface area contributed by atoms with E-state index < -0.39 is 0 Å². The molecule has 0 N–H and O–H groups in total. The molecule has 0 spiro atoms. The highest BCUT2D eigenvalue weighted by atomic mass is 16.3. The summed E-state index contributed by atoms with van der Waals surface area (Å²) >= 11 is 0. The monoisotopic (exact) mass is 403 g/mol. The molecule has 1 aromatic heterocycles. The van der Waals surface area contributed by atoms with E-state index in [-0.39, 0.29) is 0 Å². The largest absolute Gasteiger partial charge is 0.435 e. The Morgan fingerprint density at radius 1 is 0.548 bits per heavy atom. The molecule has 0 amide bonds. The summed E-state index contributed by atoms with van der Waals surface area (Å²) in [6.07, 6.45) is 0. The van der Waals surface area contributed by atoms with E-state index in [2.05, 4.69) is 76.2 Å². The third kappa shape index (κ3) is 3.55. The van der Waals surface area contributed by atoms with E-state index in [0.717, 1.165) is 33.4 Å². The topological polar surface area (TPSA) is 26.0 Å². The van der Waals surface area contributed by atoms with Crippen LogP contribution in [0, 0.1) is 27.7 Å². The summed E-state index contributed by atoms with van der Waals surface area (Å²) < 4.78 is 6.33. The average Bonchev–Trinajstić information content (AvgIpc) is 3.22. The van der Waals surface area contributed by atoms with Gasteiger partial charge in [0.2, 0.25) is 5.89 Å². The quantitative estimate of drug-likeness (QED) is 0.304. The van der Waals surface area contributed by atoms with E-state index in [1.54, 1.807) is 0 Å². The Balaban J connectivity index is 1.77. The third-order valence-corrected chi connectivity index (χ3v) is 6.17. The summed E-state index contributed by atoms with van der Waals surface area (Å²) in [5, 5.41) is 0. The molecule has 0 bridgehead atoms. The zero-order valence-electron chi connectivity index (χ0n) is 18.4. The van der Waals surface area contributed by atoms with Crippen molar-refractivity contribution >= 4 is 11.1 Å². The van der Waals surface area contributed by atoms with Gasteiger partial charge in [0.05, 0.1) is 0 Å². The number of aryl methyl sites for hydroxylation is 4. The van der Waals surface area contributed by atoms with Crippen molar-refractivity contribution in [2.45, 2.75) is 27.7 Å². The van der Waals surface area contributed by atoms with Crippen molar-refractivity contribution in [3.63, 3.8) is 0 Å². The Morgan fingerprint density at radius 2 is 1.19 bits per heavy atom. The number of nitrogens with zero attached hydrogens (tertiary/aromatic N) is 1. The molecular weight excluding hydrogens is 378 g/mol. The van der Waals surface area contributed by atoms with Gasteiger partial charge in [-0.2, -0.15) is 0 Å². The molecule has 0 atom stereocenters. The molecular formula is C29H25NO. The lowest BCUT2D eigenvalue weighted by molar-refractivity contribution is 0.621. The molecule has 0 aliphatic heterocycles. The van der Waals surface area contributed by atoms with Gasteiger partial charge in [0.25, 0.3) is 0 Å². The molecule has 0 radical (unpaired) electrons. The molecule has 0 saturated heterocycles. The van der Waals surface area contributed by atoms with Gasteiger partial charge in [-0.25, -0.2) is 4.98 Å². The average molecular weight is 404 g/mol. The fourth-order valence-electron chi connectivity index (χ4n) is 3.95. The lowest BCUT2D eigenvalue weighted by Crippen LogP contribution is -1.88. The Hall–Kier alpha value is -3.65. The van der Waals surface area contributed by atoms with Crippen LogP contribution in [0.3, 0.4) is 0 Å². The van der Waals surface area contributed by atoms with Crippen LogP contribution in [-0.4, -0.2) is 4.98 Å². The minimum absolute atomic E-state index is 0.651. The van der Waals surface area contributed by atoms with E-state index in [0.29, 0.717) is 5.89 Å². The van der Waals surface area contributed by atoms with Gasteiger partial charge in [0, 0.05) is 11.1 Å². The van der Waals surface area contributed by atoms with Crippen molar-refractivity contribution in [2.75, 3.05) is 0 Å². The normalized spacial score (nSPS) is 11.2. The van der Waals surface area contributed by atoms with Gasteiger partial charge in [-0.1, -0.05) is 54.6 Å². The first-order chi connectivity index (χ1) is 15.0. The minimum atomic E-state index is 0.651. The van der Waals surface area contributed by atoms with Crippen LogP contribution in [0.2, 0.25) is 0 Å². The Morgan fingerprint density at radius 3 is 1.87 bits per heavy atom. The number of fused-ring (bicyclic) bond motifs is 1. The van der Waals surface area contributed by atoms with E-state index >= 15 is 0 Å². The highest BCUT2D eigenvalue weighted by molar-refractivity contribution is 5.96. The predicted molar refractivity (Wildman–Crippen MR) is 129 cm³/mol. The molecule has 5 aromatic rings. The molecule has 0 saturated carbocycles. The summed E-state index contributed by atoms with van der Waals surface area (Å²) in [7, 11) is 0. The van der Waals surface area contributed by atoms with E-state index in [4.69, 9.17) is 9.40 Å². The second-order valence-corrected chi connectivity index (χ2v) is 8.36. The summed E-state index contributed by atoms with van der Waals surface area (Å²) in [4.78, 5) is 4.87. The van der Waals surface area contributed by atoms with Crippen molar-refractivity contribution in [1.29, 1.82) is 0 Å². The SMILES string of the molecule is Cc1ccc(-c2cc(-c3ccc(C)c(C)c3)c3oc(-c4ccccc4)nc3c2)cc1C. The lowest BCUT2D eigenvalue weighted by atomic mass is 9.94. The van der Waals surface area contributed by atoms with Gasteiger partial charge < -0.3 is 4.42 Å². The zero-order valence-corrected chi connectivity index (χ0v) is 18.4. The van der Waals surface area contributed by atoms with Gasteiger partial charge in [-0.3, -0.25) is 0 Å². The third-order valence-electron chi connectivity index (χ3n) is 6.17. The highest BCUT2D eigenvalue weighted by Gasteiger charge is 2.16. The summed E-state index contributed by atoms with van der Waals surface area (Å²) in [5.41, 5.74) is 12.4. The van der Waals surface area contributed by atoms with Crippen molar-refractivity contribution in [3.8, 4) is 33.7 Å². The van der Waals surface area contributed by atoms with E-state index in [9.17, 15) is 0 Å². The second kappa shape index (κ2) is 7.55. The first-order valence-electron chi connectivity index (χ1n) is 10.6. The molecule has 2 heteroatoms. The number of oxazole rings is 1. The number of aromatic nitrogens is 1. The molecule has 0 fully saturated rings. The maximum Gasteiger partial charge on any atom is 0.227 e. The molecule has 0 aliphatic rings. The van der Waals surface area contributed by atoms with Gasteiger partial charge in [-0.05, 0) is 90.9 Å². The number of hydrogen-bond acceptors (Lipinski definition) is 2. The maximum atomic E-state index is 6.33. The number of hydrogen-bond donors (Lipinski definition) is 0. The van der Waals surface area contributed by atoms with Gasteiger partial charge in [0.1, 0.15) is 5.52 Å². The smallest absolute Gasteiger partial charge is 0.227 e. The van der Waals surface area contributed by atoms with Crippen molar-refractivity contribution < 1.29 is 4.42 Å². The summed E-state index contributed by atoms with van der Waals surface area (Å²) in [5.74, 6) is 0.651. The van der Waals surface area contributed by atoms with Crippen LogP contribution < -0.4 is 0 Å². The summed E-state index contributed by atoms with van der Waals surface area (Å²) in [6.45, 7) is 8.60. The predicted octanol–water partition coefficient (Wildman–Crippen LogP) is 8.06. The molecule has 4 aromatic carbocycles. The first-order valence-corrected chi connectivity index (χ1v) is 10.6. The van der Waals surface area contributed by atoms with Gasteiger partial charge in [0.15, 0.2) is 5.58 Å². The van der Waals surface area contributed by atoms with Gasteiger partial charge >= 0.3 is 0 Å². The first kappa shape index (κ1) is 19.3. The van der Waals surface area contributed by atoms with Crippen LogP contribution in [0.5, 0.6) is 0 Å². The Kier molecular flexibility index (Phi) is 4.71. The lowest BCUT2D eigenvalue weighted by Gasteiger charge is -2.10. The summed E-state index contributed by atoms with van der Waals surface area (Å²) in [6, 6.07) is 27.7. The molecule has 2 nitrogen and oxygen atoms in total. The van der Waals surface area contributed by atoms with Crippen molar-refractivity contribution in [1.82, 2.24) is 4.98 Å². The van der Waals surface area contributed by atoms with Crippen LogP contribution in [0.25, 0.3) is 44.8 Å². The Bertz CT molecular complexity index is 1410. The second-order valence-electron chi connectivity index (χ2n) is 8.36. The maximum absolute atomic E-state index is 6.33. The molecule has 0 unspecified atom stereocenters. The van der Waals surface area contributed by atoms with Crippen molar-refractivity contribution in [3.05, 3.63) is 101 Å².